The lowest BCUT2D eigenvalue weighted by atomic mass is 10.0. The molecule has 0 aliphatic carbocycles. The summed E-state index contributed by atoms with van der Waals surface area (Å²) in [6.45, 7) is 8.95. The second-order valence-electron chi connectivity index (χ2n) is 4.15. The average molecular weight is 201 g/mol. The van der Waals surface area contributed by atoms with Crippen LogP contribution in [0.15, 0.2) is 0 Å². The van der Waals surface area contributed by atoms with Crippen LogP contribution in [0.25, 0.3) is 0 Å². The molecule has 0 aromatic heterocycles. The molecule has 0 radical (unpaired) electrons. The molecular formula is C11H23NO2. The predicted octanol–water partition coefficient (Wildman–Crippen LogP) is 2.12. The molecule has 0 rings (SSSR count). The Morgan fingerprint density at radius 1 is 1.29 bits per heavy atom. The van der Waals surface area contributed by atoms with Crippen molar-refractivity contribution in [2.75, 3.05) is 6.54 Å². The molecule has 0 saturated carbocycles. The molecule has 0 unspecified atom stereocenters. The van der Waals surface area contributed by atoms with Crippen LogP contribution in [-0.2, 0) is 4.79 Å². The standard InChI is InChI=1S/C11H23NO2/c1-5-9(6-2)7-12-10(8(3)4)11(13)14/h8-10,12H,5-7H2,1-4H3,(H,13,14)/t10-/m0/s1. The van der Waals surface area contributed by atoms with E-state index < -0.39 is 12.0 Å². The first-order chi connectivity index (χ1) is 6.52. The molecule has 0 amide bonds. The van der Waals surface area contributed by atoms with Gasteiger partial charge in [0.2, 0.25) is 0 Å². The number of nitrogens with one attached hydrogen (secondary N) is 1. The maximum atomic E-state index is 10.9. The number of hydrogen-bond donors (Lipinski definition) is 2. The molecule has 0 heterocycles. The van der Waals surface area contributed by atoms with E-state index in [1.165, 1.54) is 0 Å². The zero-order valence-electron chi connectivity index (χ0n) is 9.71. The monoisotopic (exact) mass is 201 g/mol. The Kier molecular flexibility index (Phi) is 6.54. The summed E-state index contributed by atoms with van der Waals surface area (Å²) in [5.74, 6) is -0.0107. The van der Waals surface area contributed by atoms with Crippen molar-refractivity contribution in [2.45, 2.75) is 46.6 Å². The van der Waals surface area contributed by atoms with Gasteiger partial charge in [-0.1, -0.05) is 40.5 Å². The summed E-state index contributed by atoms with van der Waals surface area (Å²) >= 11 is 0. The van der Waals surface area contributed by atoms with E-state index in [1.807, 2.05) is 13.8 Å². The molecule has 84 valence electrons. The molecule has 0 saturated heterocycles. The summed E-state index contributed by atoms with van der Waals surface area (Å²) in [5, 5.41) is 12.1. The van der Waals surface area contributed by atoms with Gasteiger partial charge >= 0.3 is 5.97 Å². The lowest BCUT2D eigenvalue weighted by molar-refractivity contribution is -0.140. The summed E-state index contributed by atoms with van der Waals surface area (Å²) < 4.78 is 0. The van der Waals surface area contributed by atoms with Gasteiger partial charge in [-0.15, -0.1) is 0 Å². The molecule has 0 spiro atoms. The summed E-state index contributed by atoms with van der Waals surface area (Å²) in [6, 6.07) is -0.407. The van der Waals surface area contributed by atoms with Crippen LogP contribution < -0.4 is 5.32 Å². The Hall–Kier alpha value is -0.570. The minimum atomic E-state index is -0.744. The number of aliphatic carboxylic acids is 1. The van der Waals surface area contributed by atoms with Crippen molar-refractivity contribution >= 4 is 5.97 Å². The van der Waals surface area contributed by atoms with Crippen LogP contribution in [0.2, 0.25) is 0 Å². The minimum absolute atomic E-state index is 0.141. The SMILES string of the molecule is CCC(CC)CN[C@H](C(=O)O)C(C)C. The largest absolute Gasteiger partial charge is 0.480 e. The van der Waals surface area contributed by atoms with Crippen LogP contribution in [0.5, 0.6) is 0 Å². The first-order valence-corrected chi connectivity index (χ1v) is 5.49. The van der Waals surface area contributed by atoms with Crippen LogP contribution in [0.3, 0.4) is 0 Å². The van der Waals surface area contributed by atoms with E-state index in [1.54, 1.807) is 0 Å². The molecule has 1 atom stereocenters. The van der Waals surface area contributed by atoms with Gasteiger partial charge < -0.3 is 10.4 Å². The van der Waals surface area contributed by atoms with E-state index in [0.717, 1.165) is 19.4 Å². The quantitative estimate of drug-likeness (QED) is 0.663. The second-order valence-corrected chi connectivity index (χ2v) is 4.15. The number of carboxylic acids is 1. The molecule has 2 N–H and O–H groups in total. The third kappa shape index (κ3) is 4.61. The summed E-state index contributed by atoms with van der Waals surface area (Å²) in [4.78, 5) is 10.9. The third-order valence-corrected chi connectivity index (χ3v) is 2.71. The second kappa shape index (κ2) is 6.82. The van der Waals surface area contributed by atoms with Gasteiger partial charge in [0, 0.05) is 0 Å². The van der Waals surface area contributed by atoms with Crippen molar-refractivity contribution in [2.24, 2.45) is 11.8 Å². The highest BCUT2D eigenvalue weighted by atomic mass is 16.4. The van der Waals surface area contributed by atoms with Gasteiger partial charge in [-0.05, 0) is 18.4 Å². The fourth-order valence-corrected chi connectivity index (χ4v) is 1.48. The molecule has 0 aromatic carbocycles. The van der Waals surface area contributed by atoms with Crippen LogP contribution >= 0.6 is 0 Å². The van der Waals surface area contributed by atoms with Gasteiger partial charge in [0.25, 0.3) is 0 Å². The highest BCUT2D eigenvalue weighted by molar-refractivity contribution is 5.73. The zero-order valence-corrected chi connectivity index (χ0v) is 9.71. The van der Waals surface area contributed by atoms with Gasteiger partial charge in [-0.2, -0.15) is 0 Å². The Bertz CT molecular complexity index is 165. The van der Waals surface area contributed by atoms with Crippen molar-refractivity contribution in [1.82, 2.24) is 5.32 Å². The fourth-order valence-electron chi connectivity index (χ4n) is 1.48. The van der Waals surface area contributed by atoms with Crippen LogP contribution in [0.4, 0.5) is 0 Å². The van der Waals surface area contributed by atoms with Crippen molar-refractivity contribution in [1.29, 1.82) is 0 Å². The van der Waals surface area contributed by atoms with E-state index in [2.05, 4.69) is 19.2 Å². The lowest BCUT2D eigenvalue weighted by Gasteiger charge is -2.21. The Labute approximate surface area is 86.9 Å². The molecular weight excluding hydrogens is 178 g/mol. The summed E-state index contributed by atoms with van der Waals surface area (Å²) in [7, 11) is 0. The highest BCUT2D eigenvalue weighted by Gasteiger charge is 2.21. The van der Waals surface area contributed by atoms with E-state index in [9.17, 15) is 4.79 Å². The van der Waals surface area contributed by atoms with Crippen molar-refractivity contribution in [3.8, 4) is 0 Å². The normalized spacial score (nSPS) is 13.6. The first-order valence-electron chi connectivity index (χ1n) is 5.49. The molecule has 0 aliphatic heterocycles. The third-order valence-electron chi connectivity index (χ3n) is 2.71. The average Bonchev–Trinajstić information content (AvgIpc) is 2.11. The number of hydrogen-bond acceptors (Lipinski definition) is 2. The zero-order chi connectivity index (χ0) is 11.1. The van der Waals surface area contributed by atoms with E-state index >= 15 is 0 Å². The predicted molar refractivity (Wildman–Crippen MR) is 58.3 cm³/mol. The van der Waals surface area contributed by atoms with Crippen LogP contribution in [0, 0.1) is 11.8 Å². The molecule has 3 nitrogen and oxygen atoms in total. The van der Waals surface area contributed by atoms with Crippen molar-refractivity contribution in [3.63, 3.8) is 0 Å². The van der Waals surface area contributed by atoms with E-state index in [-0.39, 0.29) is 5.92 Å². The van der Waals surface area contributed by atoms with E-state index in [4.69, 9.17) is 5.11 Å². The van der Waals surface area contributed by atoms with Crippen LogP contribution in [0.1, 0.15) is 40.5 Å². The topological polar surface area (TPSA) is 49.3 Å². The number of carbonyl (C=O) groups is 1. The molecule has 0 aliphatic rings. The fraction of sp³-hybridized carbons (Fsp3) is 0.909. The summed E-state index contributed by atoms with van der Waals surface area (Å²) in [5.41, 5.74) is 0. The van der Waals surface area contributed by atoms with Crippen LogP contribution in [-0.4, -0.2) is 23.7 Å². The smallest absolute Gasteiger partial charge is 0.320 e. The highest BCUT2D eigenvalue weighted by Crippen LogP contribution is 2.08. The Morgan fingerprint density at radius 3 is 2.07 bits per heavy atom. The Morgan fingerprint density at radius 2 is 1.79 bits per heavy atom. The first kappa shape index (κ1) is 13.4. The molecule has 0 fully saturated rings. The van der Waals surface area contributed by atoms with Gasteiger partial charge in [0.1, 0.15) is 6.04 Å². The Balaban J connectivity index is 3.99. The summed E-state index contributed by atoms with van der Waals surface area (Å²) in [6.07, 6.45) is 2.21. The maximum Gasteiger partial charge on any atom is 0.320 e. The van der Waals surface area contributed by atoms with Crippen molar-refractivity contribution in [3.05, 3.63) is 0 Å². The molecule has 0 bridgehead atoms. The molecule has 0 aromatic rings. The molecule has 14 heavy (non-hydrogen) atoms. The van der Waals surface area contributed by atoms with Gasteiger partial charge in [0.15, 0.2) is 0 Å². The number of carboxylic acid groups (broad SMARTS) is 1. The molecule has 3 heteroatoms. The minimum Gasteiger partial charge on any atom is -0.480 e. The lowest BCUT2D eigenvalue weighted by Crippen LogP contribution is -2.43. The maximum absolute atomic E-state index is 10.9. The van der Waals surface area contributed by atoms with Crippen molar-refractivity contribution < 1.29 is 9.90 Å². The number of rotatable bonds is 7. The van der Waals surface area contributed by atoms with Gasteiger partial charge in [-0.3, -0.25) is 4.79 Å². The van der Waals surface area contributed by atoms with E-state index in [0.29, 0.717) is 5.92 Å². The van der Waals surface area contributed by atoms with Gasteiger partial charge in [0.05, 0.1) is 0 Å². The van der Waals surface area contributed by atoms with Gasteiger partial charge in [-0.25, -0.2) is 0 Å².